The standard InChI is InChI=1S/C25H44N4O3.HI/c1-5-23(6-2)24(29-11-13-31-14-12-29)19-28-25(26-4)27-18-21-9-8-10-22(17-21)20-32-16-15-30-7-3;/h8-10,17,23-24H,5-7,11-16,18-20H2,1-4H3,(H2,26,27,28);1H. The number of hydrogen-bond donors (Lipinski definition) is 2. The van der Waals surface area contributed by atoms with Gasteiger partial charge in [-0.1, -0.05) is 51.0 Å². The summed E-state index contributed by atoms with van der Waals surface area (Å²) in [5.74, 6) is 1.51. The fourth-order valence-electron chi connectivity index (χ4n) is 4.23. The monoisotopic (exact) mass is 576 g/mol. The van der Waals surface area contributed by atoms with Gasteiger partial charge in [-0.05, 0) is 24.0 Å². The Morgan fingerprint density at radius 3 is 2.42 bits per heavy atom. The second kappa shape index (κ2) is 18.4. The predicted octanol–water partition coefficient (Wildman–Crippen LogP) is 3.66. The summed E-state index contributed by atoms with van der Waals surface area (Å²) in [7, 11) is 1.83. The van der Waals surface area contributed by atoms with Crippen molar-refractivity contribution in [3.05, 3.63) is 35.4 Å². The molecule has 0 bridgehead atoms. The third kappa shape index (κ3) is 11.4. The van der Waals surface area contributed by atoms with E-state index in [2.05, 4.69) is 58.6 Å². The topological polar surface area (TPSA) is 67.4 Å². The van der Waals surface area contributed by atoms with Crippen LogP contribution >= 0.6 is 24.0 Å². The summed E-state index contributed by atoms with van der Waals surface area (Å²) in [5.41, 5.74) is 2.38. The number of aliphatic imine (C=N–C) groups is 1. The highest BCUT2D eigenvalue weighted by Gasteiger charge is 2.27. The summed E-state index contributed by atoms with van der Waals surface area (Å²) in [6.45, 7) is 14.5. The van der Waals surface area contributed by atoms with Crippen LogP contribution in [-0.4, -0.2) is 76.6 Å². The zero-order chi connectivity index (χ0) is 23.0. The maximum atomic E-state index is 5.69. The van der Waals surface area contributed by atoms with Crippen molar-refractivity contribution in [1.82, 2.24) is 15.5 Å². The molecule has 1 aromatic carbocycles. The fraction of sp³-hybridized carbons (Fsp3) is 0.720. The fourth-order valence-corrected chi connectivity index (χ4v) is 4.23. The lowest BCUT2D eigenvalue weighted by Crippen LogP contribution is -2.53. The van der Waals surface area contributed by atoms with Crippen molar-refractivity contribution in [2.45, 2.75) is 52.8 Å². The molecule has 0 aromatic heterocycles. The Morgan fingerprint density at radius 2 is 1.76 bits per heavy atom. The van der Waals surface area contributed by atoms with Crippen LogP contribution in [0.25, 0.3) is 0 Å². The van der Waals surface area contributed by atoms with E-state index in [1.807, 2.05) is 14.0 Å². The number of ether oxygens (including phenoxy) is 3. The molecule has 7 nitrogen and oxygen atoms in total. The molecule has 1 aliphatic rings. The molecule has 0 spiro atoms. The summed E-state index contributed by atoms with van der Waals surface area (Å²) in [4.78, 5) is 7.02. The molecule has 190 valence electrons. The Bertz CT molecular complexity index is 652. The molecule has 1 atom stereocenters. The molecule has 8 heteroatoms. The third-order valence-electron chi connectivity index (χ3n) is 6.11. The first-order valence-corrected chi connectivity index (χ1v) is 12.2. The molecule has 33 heavy (non-hydrogen) atoms. The van der Waals surface area contributed by atoms with Crippen LogP contribution in [-0.2, 0) is 27.4 Å². The average molecular weight is 577 g/mol. The first kappa shape index (κ1) is 30.1. The normalized spacial score (nSPS) is 15.8. The van der Waals surface area contributed by atoms with Gasteiger partial charge in [0.25, 0.3) is 0 Å². The van der Waals surface area contributed by atoms with Crippen LogP contribution in [0.5, 0.6) is 0 Å². The second-order valence-electron chi connectivity index (χ2n) is 8.17. The molecule has 0 radical (unpaired) electrons. The molecule has 1 aliphatic heterocycles. The summed E-state index contributed by atoms with van der Waals surface area (Å²) >= 11 is 0. The van der Waals surface area contributed by atoms with Crippen LogP contribution in [0.15, 0.2) is 29.3 Å². The van der Waals surface area contributed by atoms with Gasteiger partial charge in [-0.2, -0.15) is 0 Å². The van der Waals surface area contributed by atoms with Crippen LogP contribution in [0.3, 0.4) is 0 Å². The van der Waals surface area contributed by atoms with E-state index in [-0.39, 0.29) is 24.0 Å². The van der Waals surface area contributed by atoms with Gasteiger partial charge in [0.1, 0.15) is 0 Å². The van der Waals surface area contributed by atoms with Gasteiger partial charge in [-0.15, -0.1) is 24.0 Å². The van der Waals surface area contributed by atoms with E-state index in [0.717, 1.165) is 52.0 Å². The van der Waals surface area contributed by atoms with Gasteiger partial charge in [0.15, 0.2) is 5.96 Å². The van der Waals surface area contributed by atoms with Gasteiger partial charge in [-0.3, -0.25) is 9.89 Å². The number of guanidine groups is 1. The molecule has 2 N–H and O–H groups in total. The minimum Gasteiger partial charge on any atom is -0.379 e. The van der Waals surface area contributed by atoms with Gasteiger partial charge in [0.05, 0.1) is 33.0 Å². The molecule has 0 aliphatic carbocycles. The van der Waals surface area contributed by atoms with E-state index in [0.29, 0.717) is 31.8 Å². The highest BCUT2D eigenvalue weighted by atomic mass is 127. The van der Waals surface area contributed by atoms with E-state index in [4.69, 9.17) is 14.2 Å². The first-order chi connectivity index (χ1) is 15.7. The van der Waals surface area contributed by atoms with Gasteiger partial charge >= 0.3 is 0 Å². The lowest BCUT2D eigenvalue weighted by atomic mass is 9.92. The maximum Gasteiger partial charge on any atom is 0.191 e. The van der Waals surface area contributed by atoms with Crippen molar-refractivity contribution in [2.24, 2.45) is 10.9 Å². The number of halogens is 1. The second-order valence-corrected chi connectivity index (χ2v) is 8.17. The number of hydrogen-bond acceptors (Lipinski definition) is 5. The van der Waals surface area contributed by atoms with Gasteiger partial charge in [0, 0.05) is 45.9 Å². The first-order valence-electron chi connectivity index (χ1n) is 12.2. The van der Waals surface area contributed by atoms with E-state index >= 15 is 0 Å². The minimum absolute atomic E-state index is 0. The number of nitrogens with zero attached hydrogens (tertiary/aromatic N) is 2. The van der Waals surface area contributed by atoms with Crippen molar-refractivity contribution >= 4 is 29.9 Å². The number of rotatable bonds is 14. The maximum absolute atomic E-state index is 5.69. The Balaban J connectivity index is 0.00000544. The van der Waals surface area contributed by atoms with Crippen molar-refractivity contribution in [3.63, 3.8) is 0 Å². The predicted molar refractivity (Wildman–Crippen MR) is 146 cm³/mol. The van der Waals surface area contributed by atoms with Crippen LogP contribution in [0.2, 0.25) is 0 Å². The molecule has 0 saturated carbocycles. The van der Waals surface area contributed by atoms with Crippen molar-refractivity contribution in [3.8, 4) is 0 Å². The van der Waals surface area contributed by atoms with E-state index in [1.54, 1.807) is 0 Å². The Labute approximate surface area is 218 Å². The summed E-state index contributed by atoms with van der Waals surface area (Å²) in [6, 6.07) is 8.98. The number of benzene rings is 1. The number of nitrogens with one attached hydrogen (secondary N) is 2. The highest BCUT2D eigenvalue weighted by molar-refractivity contribution is 14.0. The van der Waals surface area contributed by atoms with Crippen molar-refractivity contribution in [1.29, 1.82) is 0 Å². The van der Waals surface area contributed by atoms with Crippen LogP contribution < -0.4 is 10.6 Å². The Hall–Kier alpha value is -0.940. The largest absolute Gasteiger partial charge is 0.379 e. The smallest absolute Gasteiger partial charge is 0.191 e. The van der Waals surface area contributed by atoms with Gasteiger partial charge < -0.3 is 24.8 Å². The molecule has 1 aromatic rings. The lowest BCUT2D eigenvalue weighted by molar-refractivity contribution is 0.00272. The minimum atomic E-state index is 0. The molecular weight excluding hydrogens is 531 g/mol. The summed E-state index contributed by atoms with van der Waals surface area (Å²) in [5, 5.41) is 7.04. The van der Waals surface area contributed by atoms with E-state index in [9.17, 15) is 0 Å². The Kier molecular flexibility index (Phi) is 16.8. The average Bonchev–Trinajstić information content (AvgIpc) is 2.84. The lowest BCUT2D eigenvalue weighted by Gasteiger charge is -2.39. The van der Waals surface area contributed by atoms with E-state index in [1.165, 1.54) is 24.0 Å². The van der Waals surface area contributed by atoms with Crippen LogP contribution in [0, 0.1) is 5.92 Å². The summed E-state index contributed by atoms with van der Waals surface area (Å²) < 4.78 is 16.6. The molecule has 1 heterocycles. The zero-order valence-electron chi connectivity index (χ0n) is 21.0. The van der Waals surface area contributed by atoms with Crippen molar-refractivity contribution in [2.75, 3.05) is 59.7 Å². The van der Waals surface area contributed by atoms with Crippen LogP contribution in [0.1, 0.15) is 44.7 Å². The highest BCUT2D eigenvalue weighted by Crippen LogP contribution is 2.19. The van der Waals surface area contributed by atoms with E-state index < -0.39 is 0 Å². The molecule has 1 unspecified atom stereocenters. The third-order valence-corrected chi connectivity index (χ3v) is 6.11. The molecule has 2 rings (SSSR count). The Morgan fingerprint density at radius 1 is 1.06 bits per heavy atom. The van der Waals surface area contributed by atoms with Gasteiger partial charge in [-0.25, -0.2) is 0 Å². The molecule has 0 amide bonds. The number of morpholine rings is 1. The molecule has 1 fully saturated rings. The molecular formula is C25H45IN4O3. The quantitative estimate of drug-likeness (QED) is 0.153. The SMILES string of the molecule is CCOCCOCc1cccc(CNC(=NC)NCC(C(CC)CC)N2CCOCC2)c1.I. The molecule has 1 saturated heterocycles. The van der Waals surface area contributed by atoms with Crippen molar-refractivity contribution < 1.29 is 14.2 Å². The zero-order valence-corrected chi connectivity index (χ0v) is 23.3. The van der Waals surface area contributed by atoms with Crippen LogP contribution in [0.4, 0.5) is 0 Å². The summed E-state index contributed by atoms with van der Waals surface area (Å²) in [6.07, 6.45) is 2.37. The van der Waals surface area contributed by atoms with Gasteiger partial charge in [0.2, 0.25) is 0 Å².